The van der Waals surface area contributed by atoms with Gasteiger partial charge in [-0.05, 0) is 37.1 Å². The van der Waals surface area contributed by atoms with Gasteiger partial charge in [-0.2, -0.15) is 0 Å². The zero-order valence-corrected chi connectivity index (χ0v) is 13.1. The predicted octanol–water partition coefficient (Wildman–Crippen LogP) is 4.22. The maximum absolute atomic E-state index is 12.0. The van der Waals surface area contributed by atoms with Gasteiger partial charge in [0.2, 0.25) is 0 Å². The van der Waals surface area contributed by atoms with Crippen molar-refractivity contribution >= 4 is 33.4 Å². The molecule has 0 aliphatic rings. The molecule has 0 aliphatic heterocycles. The molecule has 0 bridgehead atoms. The van der Waals surface area contributed by atoms with Gasteiger partial charge in [-0.3, -0.25) is 4.79 Å². The molecule has 0 unspecified atom stereocenters. The highest BCUT2D eigenvalue weighted by Crippen LogP contribution is 2.27. The third kappa shape index (κ3) is 3.99. The molecule has 0 spiro atoms. The summed E-state index contributed by atoms with van der Waals surface area (Å²) in [5, 5.41) is 2.97. The molecule has 1 amide bonds. The lowest BCUT2D eigenvalue weighted by Gasteiger charge is -2.29. The van der Waals surface area contributed by atoms with Crippen LogP contribution in [0.25, 0.3) is 0 Å². The van der Waals surface area contributed by atoms with E-state index in [-0.39, 0.29) is 11.3 Å². The Hall–Kier alpha value is -0.540. The number of hydrogen-bond acceptors (Lipinski definition) is 1. The van der Waals surface area contributed by atoms with Crippen LogP contribution < -0.4 is 5.32 Å². The van der Waals surface area contributed by atoms with E-state index in [0.717, 1.165) is 17.3 Å². The SMILES string of the molecule is CCC(CC)(CCl)CNC(=O)c1ccc(Br)cc1. The second kappa shape index (κ2) is 7.15. The molecule has 1 rings (SSSR count). The van der Waals surface area contributed by atoms with E-state index < -0.39 is 0 Å². The number of alkyl halides is 1. The van der Waals surface area contributed by atoms with E-state index in [2.05, 4.69) is 35.1 Å². The van der Waals surface area contributed by atoms with Gasteiger partial charge in [-0.1, -0.05) is 29.8 Å². The lowest BCUT2D eigenvalue weighted by atomic mass is 9.84. The monoisotopic (exact) mass is 331 g/mol. The molecule has 1 aromatic carbocycles. The summed E-state index contributed by atoms with van der Waals surface area (Å²) in [5.74, 6) is 0.527. The Labute approximate surface area is 122 Å². The van der Waals surface area contributed by atoms with Crippen molar-refractivity contribution in [2.24, 2.45) is 5.41 Å². The number of rotatable bonds is 6. The number of carbonyl (C=O) groups is 1. The summed E-state index contributed by atoms with van der Waals surface area (Å²) in [5.41, 5.74) is 0.681. The smallest absolute Gasteiger partial charge is 0.251 e. The Kier molecular flexibility index (Phi) is 6.16. The Morgan fingerprint density at radius 2 is 1.83 bits per heavy atom. The van der Waals surface area contributed by atoms with Crippen LogP contribution in [0.3, 0.4) is 0 Å². The highest BCUT2D eigenvalue weighted by Gasteiger charge is 2.25. The number of nitrogens with one attached hydrogen (secondary N) is 1. The topological polar surface area (TPSA) is 29.1 Å². The van der Waals surface area contributed by atoms with Gasteiger partial charge < -0.3 is 5.32 Å². The van der Waals surface area contributed by atoms with Crippen LogP contribution in [0.5, 0.6) is 0 Å². The lowest BCUT2D eigenvalue weighted by Crippen LogP contribution is -2.38. The van der Waals surface area contributed by atoms with Gasteiger partial charge in [0.1, 0.15) is 0 Å². The summed E-state index contributed by atoms with van der Waals surface area (Å²) in [4.78, 5) is 12.0. The molecule has 0 saturated carbocycles. The van der Waals surface area contributed by atoms with Crippen LogP contribution in [0, 0.1) is 5.41 Å². The molecule has 2 nitrogen and oxygen atoms in total. The fraction of sp³-hybridized carbons (Fsp3) is 0.500. The van der Waals surface area contributed by atoms with Crippen molar-refractivity contribution in [1.82, 2.24) is 5.32 Å². The Balaban J connectivity index is 2.63. The first-order chi connectivity index (χ1) is 8.56. The van der Waals surface area contributed by atoms with E-state index in [0.29, 0.717) is 18.0 Å². The van der Waals surface area contributed by atoms with Crippen molar-refractivity contribution in [3.8, 4) is 0 Å². The molecule has 0 saturated heterocycles. The van der Waals surface area contributed by atoms with Crippen LogP contribution in [0.4, 0.5) is 0 Å². The van der Waals surface area contributed by atoms with Gasteiger partial charge in [-0.25, -0.2) is 0 Å². The molecule has 18 heavy (non-hydrogen) atoms. The highest BCUT2D eigenvalue weighted by molar-refractivity contribution is 9.10. The van der Waals surface area contributed by atoms with E-state index in [1.807, 2.05) is 12.1 Å². The second-order valence-corrected chi connectivity index (χ2v) is 5.71. The fourth-order valence-corrected chi connectivity index (χ4v) is 2.44. The van der Waals surface area contributed by atoms with Gasteiger partial charge in [-0.15, -0.1) is 11.6 Å². The standard InChI is InChI=1S/C14H19BrClNO/c1-3-14(4-2,9-16)10-17-13(18)11-5-7-12(15)8-6-11/h5-8H,3-4,9-10H2,1-2H3,(H,17,18). The number of amides is 1. The van der Waals surface area contributed by atoms with Gasteiger partial charge in [0, 0.05) is 27.9 Å². The van der Waals surface area contributed by atoms with E-state index in [1.165, 1.54) is 0 Å². The zero-order valence-electron chi connectivity index (χ0n) is 10.8. The van der Waals surface area contributed by atoms with E-state index in [9.17, 15) is 4.79 Å². The summed E-state index contributed by atoms with van der Waals surface area (Å²) in [6.45, 7) is 4.84. The van der Waals surface area contributed by atoms with Crippen LogP contribution in [-0.2, 0) is 0 Å². The van der Waals surface area contributed by atoms with Crippen LogP contribution in [-0.4, -0.2) is 18.3 Å². The van der Waals surface area contributed by atoms with Crippen LogP contribution in [0.2, 0.25) is 0 Å². The summed E-state index contributed by atoms with van der Waals surface area (Å²) in [6.07, 6.45) is 1.93. The quantitative estimate of drug-likeness (QED) is 0.776. The Bertz CT molecular complexity index is 379. The van der Waals surface area contributed by atoms with E-state index >= 15 is 0 Å². The van der Waals surface area contributed by atoms with Gasteiger partial charge in [0.15, 0.2) is 0 Å². The maximum Gasteiger partial charge on any atom is 0.251 e. The minimum Gasteiger partial charge on any atom is -0.351 e. The predicted molar refractivity (Wildman–Crippen MR) is 80.2 cm³/mol. The minimum absolute atomic E-state index is 0.00653. The fourth-order valence-electron chi connectivity index (χ4n) is 1.71. The summed E-state index contributed by atoms with van der Waals surface area (Å²) >= 11 is 9.37. The van der Waals surface area contributed by atoms with E-state index in [1.54, 1.807) is 12.1 Å². The molecular weight excluding hydrogens is 314 g/mol. The molecule has 0 aliphatic carbocycles. The summed E-state index contributed by atoms with van der Waals surface area (Å²) in [6, 6.07) is 7.34. The zero-order chi connectivity index (χ0) is 13.6. The first-order valence-corrected chi connectivity index (χ1v) is 7.49. The van der Waals surface area contributed by atoms with Gasteiger partial charge in [0.25, 0.3) is 5.91 Å². The van der Waals surface area contributed by atoms with Crippen molar-refractivity contribution in [2.45, 2.75) is 26.7 Å². The molecular formula is C14H19BrClNO. The molecule has 0 heterocycles. The minimum atomic E-state index is -0.0427. The normalized spacial score (nSPS) is 11.3. The van der Waals surface area contributed by atoms with Gasteiger partial charge in [0.05, 0.1) is 0 Å². The van der Waals surface area contributed by atoms with Crippen LogP contribution >= 0.6 is 27.5 Å². The maximum atomic E-state index is 12.0. The molecule has 0 fully saturated rings. The Morgan fingerprint density at radius 1 is 1.28 bits per heavy atom. The molecule has 0 aromatic heterocycles. The molecule has 4 heteroatoms. The first kappa shape index (κ1) is 15.5. The van der Waals surface area contributed by atoms with Crippen molar-refractivity contribution in [3.05, 3.63) is 34.3 Å². The molecule has 0 atom stereocenters. The summed E-state index contributed by atoms with van der Waals surface area (Å²) < 4.78 is 0.969. The van der Waals surface area contributed by atoms with Gasteiger partial charge >= 0.3 is 0 Å². The molecule has 1 aromatic rings. The highest BCUT2D eigenvalue weighted by atomic mass is 79.9. The van der Waals surface area contributed by atoms with E-state index in [4.69, 9.17) is 11.6 Å². The van der Waals surface area contributed by atoms with Crippen molar-refractivity contribution < 1.29 is 4.79 Å². The van der Waals surface area contributed by atoms with Crippen LogP contribution in [0.1, 0.15) is 37.0 Å². The van der Waals surface area contributed by atoms with Crippen molar-refractivity contribution in [3.63, 3.8) is 0 Å². The third-order valence-electron chi connectivity index (χ3n) is 3.51. The average molecular weight is 333 g/mol. The number of halogens is 2. The largest absolute Gasteiger partial charge is 0.351 e. The second-order valence-electron chi connectivity index (χ2n) is 4.53. The van der Waals surface area contributed by atoms with Crippen molar-refractivity contribution in [2.75, 3.05) is 12.4 Å². The molecule has 1 N–H and O–H groups in total. The third-order valence-corrected chi connectivity index (χ3v) is 4.61. The molecule has 100 valence electrons. The average Bonchev–Trinajstić information content (AvgIpc) is 2.41. The first-order valence-electron chi connectivity index (χ1n) is 6.16. The number of hydrogen-bond donors (Lipinski definition) is 1. The summed E-state index contributed by atoms with van der Waals surface area (Å²) in [7, 11) is 0. The number of carbonyl (C=O) groups excluding carboxylic acids is 1. The number of benzene rings is 1. The lowest BCUT2D eigenvalue weighted by molar-refractivity contribution is 0.0932. The van der Waals surface area contributed by atoms with Crippen molar-refractivity contribution in [1.29, 1.82) is 0 Å². The van der Waals surface area contributed by atoms with Crippen LogP contribution in [0.15, 0.2) is 28.7 Å². The molecule has 0 radical (unpaired) electrons. The Morgan fingerprint density at radius 3 is 2.28 bits per heavy atom.